The van der Waals surface area contributed by atoms with E-state index < -0.39 is 0 Å². The van der Waals surface area contributed by atoms with Gasteiger partial charge in [0.25, 0.3) is 0 Å². The van der Waals surface area contributed by atoms with Crippen molar-refractivity contribution in [3.05, 3.63) is 94.0 Å². The first kappa shape index (κ1) is 21.6. The van der Waals surface area contributed by atoms with Gasteiger partial charge in [-0.15, -0.1) is 0 Å². The van der Waals surface area contributed by atoms with Gasteiger partial charge in [0.2, 0.25) is 4.77 Å². The number of nitrogens with zero attached hydrogens (tertiary/aromatic N) is 3. The largest absolute Gasteiger partial charge is 0.497 e. The van der Waals surface area contributed by atoms with Crippen LogP contribution in [0.25, 0.3) is 11.4 Å². The highest BCUT2D eigenvalue weighted by molar-refractivity contribution is 7.72. The average molecular weight is 461 g/mol. The Bertz CT molecular complexity index is 1330. The molecule has 0 amide bonds. The smallest absolute Gasteiger partial charge is 0.209 e. The van der Waals surface area contributed by atoms with Crippen molar-refractivity contribution in [1.29, 1.82) is 0 Å². The van der Waals surface area contributed by atoms with E-state index in [4.69, 9.17) is 38.9 Å². The van der Waals surface area contributed by atoms with Crippen molar-refractivity contribution in [2.24, 2.45) is 4.99 Å². The maximum Gasteiger partial charge on any atom is 0.209 e. The Balaban J connectivity index is 1.86. The second-order valence-electron chi connectivity index (χ2n) is 6.74. The zero-order chi connectivity index (χ0) is 22.5. The van der Waals surface area contributed by atoms with Gasteiger partial charge in [0.05, 0.1) is 19.9 Å². The van der Waals surface area contributed by atoms with Crippen LogP contribution in [0.5, 0.6) is 11.5 Å². The van der Waals surface area contributed by atoms with Crippen molar-refractivity contribution < 1.29 is 9.47 Å². The molecule has 3 aromatic carbocycles. The standard InChI is InChI=1S/C24H20N4O2S2/c1-29-19-12-8-16(9-13-19)21-26-23(31)28(24(32)27-21)22(25-18-6-4-3-5-7-18)17-10-14-20(30-2)15-11-17/h3-15H,1-2H3,(H,26,27,31,32). The van der Waals surface area contributed by atoms with E-state index in [2.05, 4.69) is 9.97 Å². The number of aliphatic imine (C=N–C) groups is 1. The number of hydrogen-bond donors (Lipinski definition) is 1. The molecule has 0 unspecified atom stereocenters. The number of ether oxygens (including phenoxy) is 2. The molecular weight excluding hydrogens is 440 g/mol. The molecule has 32 heavy (non-hydrogen) atoms. The summed E-state index contributed by atoms with van der Waals surface area (Å²) in [6.07, 6.45) is 0. The number of benzene rings is 3. The van der Waals surface area contributed by atoms with E-state index >= 15 is 0 Å². The van der Waals surface area contributed by atoms with Gasteiger partial charge in [0.1, 0.15) is 23.2 Å². The van der Waals surface area contributed by atoms with Crippen LogP contribution in [0, 0.1) is 9.54 Å². The predicted octanol–water partition coefficient (Wildman–Crippen LogP) is 5.98. The van der Waals surface area contributed by atoms with Crippen LogP contribution in [0.4, 0.5) is 5.69 Å². The number of para-hydroxylation sites is 1. The molecule has 0 aliphatic heterocycles. The minimum Gasteiger partial charge on any atom is -0.497 e. The van der Waals surface area contributed by atoms with E-state index in [1.807, 2.05) is 78.9 Å². The molecule has 6 nitrogen and oxygen atoms in total. The second-order valence-corrected chi connectivity index (χ2v) is 7.49. The van der Waals surface area contributed by atoms with Gasteiger partial charge in [-0.05, 0) is 85.1 Å². The normalized spacial score (nSPS) is 11.2. The molecular formula is C24H20N4O2S2. The number of methoxy groups -OCH3 is 2. The molecule has 0 radical (unpaired) electrons. The van der Waals surface area contributed by atoms with Crippen LogP contribution in [0.1, 0.15) is 5.56 Å². The summed E-state index contributed by atoms with van der Waals surface area (Å²) in [4.78, 5) is 12.6. The maximum absolute atomic E-state index is 5.69. The van der Waals surface area contributed by atoms with Crippen molar-refractivity contribution in [2.75, 3.05) is 14.2 Å². The molecule has 0 fully saturated rings. The fourth-order valence-electron chi connectivity index (χ4n) is 3.10. The fourth-order valence-corrected chi connectivity index (χ4v) is 3.70. The summed E-state index contributed by atoms with van der Waals surface area (Å²) >= 11 is 11.3. The lowest BCUT2D eigenvalue weighted by Crippen LogP contribution is -2.18. The Morgan fingerprint density at radius 2 is 1.44 bits per heavy atom. The van der Waals surface area contributed by atoms with E-state index in [1.165, 1.54) is 0 Å². The molecule has 0 aliphatic carbocycles. The Morgan fingerprint density at radius 3 is 2.00 bits per heavy atom. The molecule has 8 heteroatoms. The molecule has 4 rings (SSSR count). The van der Waals surface area contributed by atoms with Crippen molar-refractivity contribution in [1.82, 2.24) is 14.5 Å². The van der Waals surface area contributed by atoms with Gasteiger partial charge < -0.3 is 14.5 Å². The van der Waals surface area contributed by atoms with Crippen LogP contribution in [0.15, 0.2) is 83.9 Å². The van der Waals surface area contributed by atoms with Gasteiger partial charge in [-0.25, -0.2) is 14.5 Å². The Morgan fingerprint density at radius 1 is 0.844 bits per heavy atom. The van der Waals surface area contributed by atoms with E-state index in [0.717, 1.165) is 28.3 Å². The lowest BCUT2D eigenvalue weighted by molar-refractivity contribution is 0.414. The van der Waals surface area contributed by atoms with E-state index in [1.54, 1.807) is 18.8 Å². The number of rotatable bonds is 5. The SMILES string of the molecule is COc1ccc(C(=Nc2ccccc2)n2c(=S)nc(-c3ccc(OC)cc3)[nH]c2=S)cc1. The second kappa shape index (κ2) is 9.67. The highest BCUT2D eigenvalue weighted by Gasteiger charge is 2.13. The van der Waals surface area contributed by atoms with E-state index in [9.17, 15) is 0 Å². The van der Waals surface area contributed by atoms with Crippen molar-refractivity contribution in [2.45, 2.75) is 0 Å². The third-order valence-corrected chi connectivity index (χ3v) is 5.30. The van der Waals surface area contributed by atoms with Crippen molar-refractivity contribution >= 4 is 36.0 Å². The first-order valence-electron chi connectivity index (χ1n) is 9.75. The molecule has 0 spiro atoms. The average Bonchev–Trinajstić information content (AvgIpc) is 2.83. The third-order valence-electron chi connectivity index (χ3n) is 4.74. The van der Waals surface area contributed by atoms with Gasteiger partial charge >= 0.3 is 0 Å². The topological polar surface area (TPSA) is 64.4 Å². The summed E-state index contributed by atoms with van der Waals surface area (Å²) in [5, 5.41) is 0. The molecule has 0 aliphatic rings. The van der Waals surface area contributed by atoms with Gasteiger partial charge in [-0.1, -0.05) is 18.2 Å². The molecule has 0 atom stereocenters. The van der Waals surface area contributed by atoms with Crippen LogP contribution in [-0.2, 0) is 0 Å². The number of hydrogen-bond acceptors (Lipinski definition) is 6. The van der Waals surface area contributed by atoms with Gasteiger partial charge in [0.15, 0.2) is 4.77 Å². The highest BCUT2D eigenvalue weighted by atomic mass is 32.1. The van der Waals surface area contributed by atoms with Crippen LogP contribution in [0.3, 0.4) is 0 Å². The first-order valence-corrected chi connectivity index (χ1v) is 10.6. The zero-order valence-corrected chi connectivity index (χ0v) is 19.1. The molecule has 1 N–H and O–H groups in total. The number of aromatic amines is 1. The third kappa shape index (κ3) is 4.66. The minimum absolute atomic E-state index is 0.296. The van der Waals surface area contributed by atoms with Gasteiger partial charge in [0, 0.05) is 11.1 Å². The maximum atomic E-state index is 5.69. The van der Waals surface area contributed by atoms with Crippen LogP contribution < -0.4 is 9.47 Å². The molecule has 1 aromatic heterocycles. The lowest BCUT2D eigenvalue weighted by Gasteiger charge is -2.13. The number of H-pyrrole nitrogens is 1. The number of aromatic nitrogens is 3. The first-order chi connectivity index (χ1) is 15.6. The van der Waals surface area contributed by atoms with E-state index in [-0.39, 0.29) is 0 Å². The van der Waals surface area contributed by atoms with Crippen molar-refractivity contribution in [3.63, 3.8) is 0 Å². The summed E-state index contributed by atoms with van der Waals surface area (Å²) in [5.41, 5.74) is 2.44. The monoisotopic (exact) mass is 460 g/mol. The fraction of sp³-hybridized carbons (Fsp3) is 0.0833. The molecule has 0 saturated carbocycles. The summed E-state index contributed by atoms with van der Waals surface area (Å²) < 4.78 is 12.9. The molecule has 0 saturated heterocycles. The summed E-state index contributed by atoms with van der Waals surface area (Å²) in [7, 11) is 3.25. The van der Waals surface area contributed by atoms with E-state index in [0.29, 0.717) is 21.2 Å². The van der Waals surface area contributed by atoms with Gasteiger partial charge in [-0.2, -0.15) is 0 Å². The lowest BCUT2D eigenvalue weighted by atomic mass is 10.2. The Kier molecular flexibility index (Phi) is 6.53. The summed E-state index contributed by atoms with van der Waals surface area (Å²) in [6.45, 7) is 0. The molecule has 1 heterocycles. The van der Waals surface area contributed by atoms with Crippen LogP contribution >= 0.6 is 24.4 Å². The summed E-state index contributed by atoms with van der Waals surface area (Å²) in [6, 6.07) is 24.7. The highest BCUT2D eigenvalue weighted by Crippen LogP contribution is 2.21. The molecule has 4 aromatic rings. The van der Waals surface area contributed by atoms with Crippen molar-refractivity contribution in [3.8, 4) is 22.9 Å². The Hall–Kier alpha value is -3.62. The minimum atomic E-state index is 0.296. The van der Waals surface area contributed by atoms with Gasteiger partial charge in [-0.3, -0.25) is 0 Å². The summed E-state index contributed by atoms with van der Waals surface area (Å²) in [5.74, 6) is 2.65. The molecule has 0 bridgehead atoms. The number of nitrogens with one attached hydrogen (secondary N) is 1. The Labute approximate surface area is 195 Å². The molecule has 160 valence electrons. The quantitative estimate of drug-likeness (QED) is 0.225. The van der Waals surface area contributed by atoms with Crippen LogP contribution in [-0.4, -0.2) is 34.6 Å². The predicted molar refractivity (Wildman–Crippen MR) is 131 cm³/mol. The van der Waals surface area contributed by atoms with Crippen LogP contribution in [0.2, 0.25) is 0 Å². The zero-order valence-electron chi connectivity index (χ0n) is 17.5.